The largest absolute Gasteiger partial charge is 0.479 e. The van der Waals surface area contributed by atoms with E-state index in [1.807, 2.05) is 24.5 Å². The van der Waals surface area contributed by atoms with Gasteiger partial charge in [0, 0.05) is 10.6 Å². The first-order valence-corrected chi connectivity index (χ1v) is 8.37. The summed E-state index contributed by atoms with van der Waals surface area (Å²) in [5.74, 6) is 0.208. The third-order valence-corrected chi connectivity index (χ3v) is 4.32. The highest BCUT2D eigenvalue weighted by atomic mass is 32.2. The van der Waals surface area contributed by atoms with Gasteiger partial charge < -0.3 is 15.4 Å². The van der Waals surface area contributed by atoms with Crippen LogP contribution in [0.3, 0.4) is 0 Å². The molecular formula is C17H16N2O3S. The van der Waals surface area contributed by atoms with Gasteiger partial charge in [0.25, 0.3) is 11.8 Å². The zero-order valence-electron chi connectivity index (χ0n) is 12.8. The molecule has 23 heavy (non-hydrogen) atoms. The fourth-order valence-corrected chi connectivity index (χ4v) is 2.91. The van der Waals surface area contributed by atoms with E-state index in [2.05, 4.69) is 10.6 Å². The highest BCUT2D eigenvalue weighted by Crippen LogP contribution is 2.32. The lowest BCUT2D eigenvalue weighted by Crippen LogP contribution is -2.34. The Bertz CT molecular complexity index is 776. The summed E-state index contributed by atoms with van der Waals surface area (Å²) in [6, 6.07) is 12.6. The Kier molecular flexibility index (Phi) is 4.25. The van der Waals surface area contributed by atoms with Gasteiger partial charge in [-0.1, -0.05) is 12.1 Å². The van der Waals surface area contributed by atoms with Crippen LogP contribution in [0.25, 0.3) is 0 Å². The van der Waals surface area contributed by atoms with Crippen LogP contribution in [0.15, 0.2) is 47.4 Å². The highest BCUT2D eigenvalue weighted by molar-refractivity contribution is 7.98. The van der Waals surface area contributed by atoms with Crippen molar-refractivity contribution in [1.82, 2.24) is 0 Å². The van der Waals surface area contributed by atoms with Gasteiger partial charge in [-0.05, 0) is 43.5 Å². The molecule has 5 nitrogen and oxygen atoms in total. The number of amides is 2. The minimum atomic E-state index is -0.517. The molecule has 6 heteroatoms. The van der Waals surface area contributed by atoms with Gasteiger partial charge in [-0.2, -0.15) is 0 Å². The molecule has 0 aliphatic carbocycles. The number of hydrogen-bond acceptors (Lipinski definition) is 4. The average Bonchev–Trinajstić information content (AvgIpc) is 2.56. The molecule has 2 aromatic carbocycles. The standard InChI is InChI=1S/C17H16N2O3S/c1-10-16(20)19-13-9-11(7-8-14(13)22-10)18-17(21)12-5-3-4-6-15(12)23-2/h3-10H,1-2H3,(H,18,21)(H,19,20)/t10-/m1/s1. The van der Waals surface area contributed by atoms with Gasteiger partial charge in [0.1, 0.15) is 5.75 Å². The SMILES string of the molecule is CSc1ccccc1C(=O)Nc1ccc2c(c1)NC(=O)[C@@H](C)O2. The average molecular weight is 328 g/mol. The third-order valence-electron chi connectivity index (χ3n) is 3.52. The van der Waals surface area contributed by atoms with Crippen molar-refractivity contribution >= 4 is 35.0 Å². The maximum Gasteiger partial charge on any atom is 0.265 e. The fraction of sp³-hybridized carbons (Fsp3) is 0.176. The van der Waals surface area contributed by atoms with Crippen LogP contribution < -0.4 is 15.4 Å². The van der Waals surface area contributed by atoms with E-state index in [4.69, 9.17) is 4.74 Å². The summed E-state index contributed by atoms with van der Waals surface area (Å²) in [4.78, 5) is 25.0. The maximum atomic E-state index is 12.4. The van der Waals surface area contributed by atoms with E-state index in [1.165, 1.54) is 11.8 Å². The van der Waals surface area contributed by atoms with Gasteiger partial charge in [0.05, 0.1) is 11.3 Å². The number of fused-ring (bicyclic) bond motifs is 1. The van der Waals surface area contributed by atoms with Crippen LogP contribution in [0.4, 0.5) is 11.4 Å². The number of benzene rings is 2. The lowest BCUT2D eigenvalue weighted by Gasteiger charge is -2.23. The minimum Gasteiger partial charge on any atom is -0.479 e. The molecule has 1 aliphatic heterocycles. The molecule has 0 bridgehead atoms. The van der Waals surface area contributed by atoms with Crippen molar-refractivity contribution in [3.8, 4) is 5.75 Å². The third kappa shape index (κ3) is 3.17. The number of nitrogens with one attached hydrogen (secondary N) is 2. The summed E-state index contributed by atoms with van der Waals surface area (Å²) in [5, 5.41) is 5.62. The van der Waals surface area contributed by atoms with Crippen molar-refractivity contribution in [2.24, 2.45) is 0 Å². The van der Waals surface area contributed by atoms with Gasteiger partial charge in [0.15, 0.2) is 6.10 Å². The molecular weight excluding hydrogens is 312 g/mol. The van der Waals surface area contributed by atoms with Crippen molar-refractivity contribution in [2.45, 2.75) is 17.9 Å². The zero-order chi connectivity index (χ0) is 16.4. The summed E-state index contributed by atoms with van der Waals surface area (Å²) >= 11 is 1.52. The lowest BCUT2D eigenvalue weighted by molar-refractivity contribution is -0.122. The topological polar surface area (TPSA) is 67.4 Å². The molecule has 0 radical (unpaired) electrons. The van der Waals surface area contributed by atoms with Gasteiger partial charge in [-0.25, -0.2) is 0 Å². The van der Waals surface area contributed by atoms with E-state index in [0.717, 1.165) is 4.90 Å². The molecule has 2 amide bonds. The van der Waals surface area contributed by atoms with Crippen LogP contribution in [-0.2, 0) is 4.79 Å². The first kappa shape index (κ1) is 15.4. The molecule has 0 fully saturated rings. The predicted molar refractivity (Wildman–Crippen MR) is 91.3 cm³/mol. The van der Waals surface area contributed by atoms with Crippen molar-refractivity contribution in [1.29, 1.82) is 0 Å². The predicted octanol–water partition coefficient (Wildman–Crippen LogP) is 3.38. The highest BCUT2D eigenvalue weighted by Gasteiger charge is 2.23. The van der Waals surface area contributed by atoms with E-state index in [1.54, 1.807) is 31.2 Å². The number of rotatable bonds is 3. The lowest BCUT2D eigenvalue weighted by atomic mass is 10.2. The molecule has 0 aromatic heterocycles. The Hall–Kier alpha value is -2.47. The van der Waals surface area contributed by atoms with Crippen molar-refractivity contribution in [2.75, 3.05) is 16.9 Å². The van der Waals surface area contributed by atoms with Gasteiger partial charge in [-0.15, -0.1) is 11.8 Å². The first-order chi connectivity index (χ1) is 11.1. The normalized spacial score (nSPS) is 16.1. The molecule has 0 saturated heterocycles. The molecule has 2 N–H and O–H groups in total. The van der Waals surface area contributed by atoms with E-state index in [9.17, 15) is 9.59 Å². The molecule has 0 saturated carbocycles. The Morgan fingerprint density at radius 2 is 2.04 bits per heavy atom. The minimum absolute atomic E-state index is 0.189. The van der Waals surface area contributed by atoms with Crippen LogP contribution >= 0.6 is 11.8 Å². The second-order valence-electron chi connectivity index (χ2n) is 5.11. The summed E-state index contributed by atoms with van der Waals surface area (Å²) in [6.07, 6.45) is 1.41. The van der Waals surface area contributed by atoms with Crippen LogP contribution in [0.5, 0.6) is 5.75 Å². The second-order valence-corrected chi connectivity index (χ2v) is 5.96. The molecule has 1 heterocycles. The molecule has 0 spiro atoms. The van der Waals surface area contributed by atoms with Crippen LogP contribution in [0, 0.1) is 0 Å². The summed E-state index contributed by atoms with van der Waals surface area (Å²) in [7, 11) is 0. The van der Waals surface area contributed by atoms with Crippen LogP contribution in [0.1, 0.15) is 17.3 Å². The van der Waals surface area contributed by atoms with Gasteiger partial charge in [0.2, 0.25) is 0 Å². The molecule has 1 aliphatic rings. The van der Waals surface area contributed by atoms with Crippen molar-refractivity contribution < 1.29 is 14.3 Å². The Labute approximate surface area is 138 Å². The number of hydrogen-bond donors (Lipinski definition) is 2. The van der Waals surface area contributed by atoms with Crippen LogP contribution in [0.2, 0.25) is 0 Å². The van der Waals surface area contributed by atoms with E-state index in [0.29, 0.717) is 22.7 Å². The second kappa shape index (κ2) is 6.34. The number of carbonyl (C=O) groups is 2. The maximum absolute atomic E-state index is 12.4. The van der Waals surface area contributed by atoms with Gasteiger partial charge >= 0.3 is 0 Å². The first-order valence-electron chi connectivity index (χ1n) is 7.14. The number of thioether (sulfide) groups is 1. The zero-order valence-corrected chi connectivity index (χ0v) is 13.6. The van der Waals surface area contributed by atoms with E-state index >= 15 is 0 Å². The molecule has 118 valence electrons. The monoisotopic (exact) mass is 328 g/mol. The quantitative estimate of drug-likeness (QED) is 0.848. The summed E-state index contributed by atoms with van der Waals surface area (Å²) in [6.45, 7) is 1.69. The number of ether oxygens (including phenoxy) is 1. The molecule has 3 rings (SSSR count). The Morgan fingerprint density at radius 1 is 1.26 bits per heavy atom. The number of anilines is 2. The Balaban J connectivity index is 1.82. The molecule has 2 aromatic rings. The summed E-state index contributed by atoms with van der Waals surface area (Å²) < 4.78 is 5.50. The Morgan fingerprint density at radius 3 is 2.83 bits per heavy atom. The molecule has 0 unspecified atom stereocenters. The van der Waals surface area contributed by atoms with Crippen LogP contribution in [-0.4, -0.2) is 24.2 Å². The van der Waals surface area contributed by atoms with E-state index < -0.39 is 6.10 Å². The van der Waals surface area contributed by atoms with Gasteiger partial charge in [-0.3, -0.25) is 9.59 Å². The smallest absolute Gasteiger partial charge is 0.265 e. The van der Waals surface area contributed by atoms with E-state index in [-0.39, 0.29) is 11.8 Å². The molecule has 1 atom stereocenters. The van der Waals surface area contributed by atoms with Crippen molar-refractivity contribution in [3.05, 3.63) is 48.0 Å². The summed E-state index contributed by atoms with van der Waals surface area (Å²) in [5.41, 5.74) is 1.78. The number of carbonyl (C=O) groups excluding carboxylic acids is 2. The fourth-order valence-electron chi connectivity index (χ4n) is 2.32. The van der Waals surface area contributed by atoms with Crippen molar-refractivity contribution in [3.63, 3.8) is 0 Å².